The molecule has 18 heavy (non-hydrogen) atoms. The maximum Gasteiger partial charge on any atom is 0.0446 e. The first-order chi connectivity index (χ1) is 8.43. The van der Waals surface area contributed by atoms with Crippen molar-refractivity contribution in [2.45, 2.75) is 58.9 Å². The molecular weight excluding hydrogens is 238 g/mol. The van der Waals surface area contributed by atoms with Crippen LogP contribution in [0.25, 0.3) is 0 Å². The molecule has 1 aliphatic rings. The van der Waals surface area contributed by atoms with Crippen molar-refractivity contribution in [1.29, 1.82) is 0 Å². The molecule has 0 aliphatic heterocycles. The first-order valence-electron chi connectivity index (χ1n) is 7.27. The van der Waals surface area contributed by atoms with Gasteiger partial charge in [0.25, 0.3) is 0 Å². The van der Waals surface area contributed by atoms with Crippen LogP contribution in [0.5, 0.6) is 0 Å². The van der Waals surface area contributed by atoms with Gasteiger partial charge >= 0.3 is 0 Å². The van der Waals surface area contributed by atoms with Crippen LogP contribution in [0.4, 0.5) is 0 Å². The van der Waals surface area contributed by atoms with Gasteiger partial charge in [0.2, 0.25) is 0 Å². The Morgan fingerprint density at radius 1 is 1.39 bits per heavy atom. The van der Waals surface area contributed by atoms with Crippen molar-refractivity contribution in [3.05, 3.63) is 21.9 Å². The molecule has 0 radical (unpaired) electrons. The molecule has 1 heterocycles. The standard InChI is InChI=1S/C16H27NS/c1-6-9-17-15(12-10-11(12)2)13-7-8-14(18-13)16(3,4)5/h7-8,11-12,15,17H,6,9-10H2,1-5H3. The van der Waals surface area contributed by atoms with Crippen molar-refractivity contribution in [2.24, 2.45) is 11.8 Å². The first-order valence-corrected chi connectivity index (χ1v) is 8.08. The highest BCUT2D eigenvalue weighted by molar-refractivity contribution is 7.12. The fourth-order valence-electron chi connectivity index (χ4n) is 2.50. The monoisotopic (exact) mass is 265 g/mol. The second-order valence-electron chi connectivity index (χ2n) is 6.76. The first kappa shape index (κ1) is 14.1. The third-order valence-electron chi connectivity index (χ3n) is 3.89. The summed E-state index contributed by atoms with van der Waals surface area (Å²) < 4.78 is 0. The summed E-state index contributed by atoms with van der Waals surface area (Å²) in [4.78, 5) is 3.05. The molecule has 1 aromatic heterocycles. The fourth-order valence-corrected chi connectivity index (χ4v) is 3.72. The molecule has 1 saturated carbocycles. The van der Waals surface area contributed by atoms with E-state index in [2.05, 4.69) is 52.1 Å². The molecule has 3 atom stereocenters. The third kappa shape index (κ3) is 3.16. The van der Waals surface area contributed by atoms with Crippen LogP contribution in [0.3, 0.4) is 0 Å². The van der Waals surface area contributed by atoms with E-state index < -0.39 is 0 Å². The zero-order valence-corrected chi connectivity index (χ0v) is 13.2. The van der Waals surface area contributed by atoms with E-state index in [9.17, 15) is 0 Å². The number of hydrogen-bond donors (Lipinski definition) is 1. The van der Waals surface area contributed by atoms with Crippen molar-refractivity contribution in [2.75, 3.05) is 6.54 Å². The summed E-state index contributed by atoms with van der Waals surface area (Å²) in [6.07, 6.45) is 2.61. The van der Waals surface area contributed by atoms with Gasteiger partial charge in [0.15, 0.2) is 0 Å². The lowest BCUT2D eigenvalue weighted by Crippen LogP contribution is -2.23. The fraction of sp³-hybridized carbons (Fsp3) is 0.750. The molecule has 1 fully saturated rings. The summed E-state index contributed by atoms with van der Waals surface area (Å²) in [5.74, 6) is 1.77. The van der Waals surface area contributed by atoms with Crippen LogP contribution in [-0.4, -0.2) is 6.54 Å². The summed E-state index contributed by atoms with van der Waals surface area (Å²) in [6, 6.07) is 5.28. The van der Waals surface area contributed by atoms with Gasteiger partial charge < -0.3 is 5.32 Å². The molecule has 0 amide bonds. The maximum absolute atomic E-state index is 3.75. The van der Waals surface area contributed by atoms with Gasteiger partial charge in [0, 0.05) is 15.8 Å². The molecule has 3 unspecified atom stereocenters. The Bertz CT molecular complexity index is 388. The minimum Gasteiger partial charge on any atom is -0.309 e. The van der Waals surface area contributed by atoms with Gasteiger partial charge in [0.1, 0.15) is 0 Å². The lowest BCUT2D eigenvalue weighted by Gasteiger charge is -2.18. The van der Waals surface area contributed by atoms with Crippen LogP contribution in [-0.2, 0) is 5.41 Å². The summed E-state index contributed by atoms with van der Waals surface area (Å²) in [5.41, 5.74) is 0.285. The van der Waals surface area contributed by atoms with E-state index in [1.807, 2.05) is 11.3 Å². The van der Waals surface area contributed by atoms with Crippen LogP contribution >= 0.6 is 11.3 Å². The summed E-state index contributed by atoms with van der Waals surface area (Å²) in [7, 11) is 0. The van der Waals surface area contributed by atoms with Gasteiger partial charge in [-0.15, -0.1) is 11.3 Å². The van der Waals surface area contributed by atoms with Gasteiger partial charge in [0.05, 0.1) is 0 Å². The smallest absolute Gasteiger partial charge is 0.0446 e. The molecule has 1 aromatic rings. The normalized spacial score (nSPS) is 25.2. The Labute approximate surface area is 116 Å². The van der Waals surface area contributed by atoms with Crippen molar-refractivity contribution in [1.82, 2.24) is 5.32 Å². The molecule has 0 spiro atoms. The van der Waals surface area contributed by atoms with Crippen molar-refractivity contribution >= 4 is 11.3 Å². The van der Waals surface area contributed by atoms with E-state index >= 15 is 0 Å². The zero-order valence-electron chi connectivity index (χ0n) is 12.4. The Hall–Kier alpha value is -0.340. The average molecular weight is 265 g/mol. The highest BCUT2D eigenvalue weighted by Crippen LogP contribution is 2.48. The van der Waals surface area contributed by atoms with Gasteiger partial charge in [-0.2, -0.15) is 0 Å². The Morgan fingerprint density at radius 3 is 2.50 bits per heavy atom. The van der Waals surface area contributed by atoms with Gasteiger partial charge in [-0.1, -0.05) is 34.6 Å². The second-order valence-corrected chi connectivity index (χ2v) is 7.88. The third-order valence-corrected chi connectivity index (χ3v) is 5.48. The second kappa shape index (κ2) is 5.34. The van der Waals surface area contributed by atoms with E-state index in [0.717, 1.165) is 18.4 Å². The van der Waals surface area contributed by atoms with E-state index in [1.165, 1.54) is 17.7 Å². The van der Waals surface area contributed by atoms with Crippen molar-refractivity contribution in [3.8, 4) is 0 Å². The van der Waals surface area contributed by atoms with Crippen LogP contribution in [0, 0.1) is 11.8 Å². The molecule has 2 heteroatoms. The molecule has 102 valence electrons. The lowest BCUT2D eigenvalue weighted by atomic mass is 9.95. The zero-order chi connectivity index (χ0) is 13.3. The van der Waals surface area contributed by atoms with Crippen molar-refractivity contribution in [3.63, 3.8) is 0 Å². The minimum atomic E-state index is 0.285. The molecule has 1 N–H and O–H groups in total. The van der Waals surface area contributed by atoms with Crippen LogP contribution in [0.15, 0.2) is 12.1 Å². The molecule has 2 rings (SSSR count). The number of hydrogen-bond acceptors (Lipinski definition) is 2. The van der Waals surface area contributed by atoms with Crippen LogP contribution in [0.1, 0.15) is 63.3 Å². The van der Waals surface area contributed by atoms with Gasteiger partial charge in [-0.3, -0.25) is 0 Å². The highest BCUT2D eigenvalue weighted by Gasteiger charge is 2.40. The summed E-state index contributed by atoms with van der Waals surface area (Å²) in [6.45, 7) is 12.7. The van der Waals surface area contributed by atoms with Crippen molar-refractivity contribution < 1.29 is 0 Å². The molecule has 1 aliphatic carbocycles. The van der Waals surface area contributed by atoms with Gasteiger partial charge in [-0.05, 0) is 48.8 Å². The largest absolute Gasteiger partial charge is 0.309 e. The Morgan fingerprint density at radius 2 is 2.06 bits per heavy atom. The lowest BCUT2D eigenvalue weighted by molar-refractivity contribution is 0.469. The SMILES string of the molecule is CCCNC(c1ccc(C(C)(C)C)s1)C1CC1C. The number of nitrogens with one attached hydrogen (secondary N) is 1. The predicted octanol–water partition coefficient (Wildman–Crippen LogP) is 4.74. The maximum atomic E-state index is 3.75. The molecule has 0 saturated heterocycles. The average Bonchev–Trinajstić information content (AvgIpc) is 2.81. The number of thiophene rings is 1. The van der Waals surface area contributed by atoms with E-state index in [4.69, 9.17) is 0 Å². The predicted molar refractivity (Wildman–Crippen MR) is 81.3 cm³/mol. The van der Waals surface area contributed by atoms with E-state index in [1.54, 1.807) is 4.88 Å². The Kier molecular flexibility index (Phi) is 4.18. The number of rotatable bonds is 5. The van der Waals surface area contributed by atoms with E-state index in [0.29, 0.717) is 6.04 Å². The molecular formula is C16H27NS. The topological polar surface area (TPSA) is 12.0 Å². The van der Waals surface area contributed by atoms with Gasteiger partial charge in [-0.25, -0.2) is 0 Å². The highest BCUT2D eigenvalue weighted by atomic mass is 32.1. The Balaban J connectivity index is 2.12. The van der Waals surface area contributed by atoms with E-state index in [-0.39, 0.29) is 5.41 Å². The summed E-state index contributed by atoms with van der Waals surface area (Å²) >= 11 is 2.01. The minimum absolute atomic E-state index is 0.285. The molecule has 0 bridgehead atoms. The van der Waals surface area contributed by atoms with Crippen LogP contribution < -0.4 is 5.32 Å². The van der Waals surface area contributed by atoms with Crippen LogP contribution in [0.2, 0.25) is 0 Å². The quantitative estimate of drug-likeness (QED) is 0.810. The molecule has 0 aromatic carbocycles. The summed E-state index contributed by atoms with van der Waals surface area (Å²) in [5, 5.41) is 3.75. The molecule has 1 nitrogen and oxygen atoms in total.